The smallest absolute Gasteiger partial charge is 0.274 e. The highest BCUT2D eigenvalue weighted by Gasteiger charge is 2.37. The molecule has 2 heterocycles. The Morgan fingerprint density at radius 3 is 2.42 bits per heavy atom. The minimum atomic E-state index is -0.608. The number of β-amino-alcohol motifs (C(OH)–C–C–N with tert-alkyl or cyclic N) is 1. The van der Waals surface area contributed by atoms with E-state index in [1.807, 2.05) is 13.8 Å². The molecule has 2 aromatic rings. The lowest BCUT2D eigenvalue weighted by atomic mass is 10.0. The Hall–Kier alpha value is -2.34. The van der Waals surface area contributed by atoms with Gasteiger partial charge in [0, 0.05) is 6.54 Å². The highest BCUT2D eigenvalue weighted by molar-refractivity contribution is 5.94. The van der Waals surface area contributed by atoms with Gasteiger partial charge in [-0.15, -0.1) is 0 Å². The highest BCUT2D eigenvalue weighted by atomic mass is 19.1. The van der Waals surface area contributed by atoms with Gasteiger partial charge in [0.25, 0.3) is 5.91 Å². The number of hydrogen-bond donors (Lipinski definition) is 1. The summed E-state index contributed by atoms with van der Waals surface area (Å²) >= 11 is 0. The molecule has 126 valence electrons. The van der Waals surface area contributed by atoms with Gasteiger partial charge in [0.2, 0.25) is 0 Å². The monoisotopic (exact) mass is 329 g/mol. The molecule has 0 bridgehead atoms. The van der Waals surface area contributed by atoms with Crippen LogP contribution in [-0.4, -0.2) is 38.5 Å². The molecule has 1 N–H and O–H groups in total. The molecule has 1 aliphatic heterocycles. The SMILES string of the molecule is Cc1nc(C)c(C(=O)N2C[C@H](O)C[C@@H]2c2ccc(F)cc2)nc1C. The number of amides is 1. The summed E-state index contributed by atoms with van der Waals surface area (Å²) in [5.41, 5.74) is 3.18. The fraction of sp³-hybridized carbons (Fsp3) is 0.389. The Morgan fingerprint density at radius 1 is 1.12 bits per heavy atom. The van der Waals surface area contributed by atoms with Crippen molar-refractivity contribution in [2.24, 2.45) is 0 Å². The van der Waals surface area contributed by atoms with Gasteiger partial charge in [-0.2, -0.15) is 0 Å². The molecule has 0 saturated carbocycles. The van der Waals surface area contributed by atoms with Gasteiger partial charge >= 0.3 is 0 Å². The van der Waals surface area contributed by atoms with E-state index in [-0.39, 0.29) is 24.3 Å². The second-order valence-electron chi connectivity index (χ2n) is 6.24. The third kappa shape index (κ3) is 3.01. The fourth-order valence-corrected chi connectivity index (χ4v) is 3.09. The Bertz CT molecular complexity index is 777. The number of nitrogens with zero attached hydrogens (tertiary/aromatic N) is 3. The molecule has 2 atom stereocenters. The van der Waals surface area contributed by atoms with Gasteiger partial charge in [-0.25, -0.2) is 9.37 Å². The lowest BCUT2D eigenvalue weighted by Crippen LogP contribution is -2.33. The molecule has 1 aliphatic rings. The van der Waals surface area contributed by atoms with Crippen LogP contribution in [0.2, 0.25) is 0 Å². The minimum absolute atomic E-state index is 0.231. The second-order valence-corrected chi connectivity index (χ2v) is 6.24. The van der Waals surface area contributed by atoms with Crippen molar-refractivity contribution in [2.75, 3.05) is 6.54 Å². The van der Waals surface area contributed by atoms with E-state index in [4.69, 9.17) is 0 Å². The van der Waals surface area contributed by atoms with E-state index in [9.17, 15) is 14.3 Å². The van der Waals surface area contributed by atoms with Crippen molar-refractivity contribution in [3.63, 3.8) is 0 Å². The van der Waals surface area contributed by atoms with Crippen LogP contribution in [0.5, 0.6) is 0 Å². The number of carbonyl (C=O) groups is 1. The number of benzene rings is 1. The molecular weight excluding hydrogens is 309 g/mol. The number of aliphatic hydroxyl groups excluding tert-OH is 1. The van der Waals surface area contributed by atoms with Crippen LogP contribution < -0.4 is 0 Å². The minimum Gasteiger partial charge on any atom is -0.391 e. The maximum Gasteiger partial charge on any atom is 0.274 e. The number of hydrogen-bond acceptors (Lipinski definition) is 4. The third-order valence-corrected chi connectivity index (χ3v) is 4.48. The maximum absolute atomic E-state index is 13.2. The van der Waals surface area contributed by atoms with Crippen LogP contribution in [0.25, 0.3) is 0 Å². The van der Waals surface area contributed by atoms with E-state index < -0.39 is 6.10 Å². The van der Waals surface area contributed by atoms with E-state index in [0.29, 0.717) is 23.5 Å². The number of likely N-dealkylation sites (tertiary alicyclic amines) is 1. The van der Waals surface area contributed by atoms with Crippen LogP contribution in [0.4, 0.5) is 4.39 Å². The molecule has 0 unspecified atom stereocenters. The quantitative estimate of drug-likeness (QED) is 0.919. The van der Waals surface area contributed by atoms with Crippen LogP contribution in [0.15, 0.2) is 24.3 Å². The zero-order valence-electron chi connectivity index (χ0n) is 14.0. The van der Waals surface area contributed by atoms with Crippen molar-refractivity contribution < 1.29 is 14.3 Å². The summed E-state index contributed by atoms with van der Waals surface area (Å²) < 4.78 is 13.2. The van der Waals surface area contributed by atoms with Gasteiger partial charge in [-0.1, -0.05) is 12.1 Å². The molecule has 0 aliphatic carbocycles. The molecule has 6 heteroatoms. The van der Waals surface area contributed by atoms with Gasteiger partial charge in [0.15, 0.2) is 0 Å². The Labute approximate surface area is 140 Å². The van der Waals surface area contributed by atoms with Crippen LogP contribution in [0.1, 0.15) is 45.6 Å². The first-order chi connectivity index (χ1) is 11.4. The van der Waals surface area contributed by atoms with Gasteiger partial charge in [0.05, 0.1) is 29.2 Å². The maximum atomic E-state index is 13.2. The van der Waals surface area contributed by atoms with Crippen LogP contribution >= 0.6 is 0 Å². The molecule has 3 rings (SSSR count). The van der Waals surface area contributed by atoms with E-state index in [1.54, 1.807) is 24.0 Å². The molecule has 1 fully saturated rings. The summed E-state index contributed by atoms with van der Waals surface area (Å²) in [7, 11) is 0. The van der Waals surface area contributed by atoms with Crippen LogP contribution in [0.3, 0.4) is 0 Å². The standard InChI is InChI=1S/C18H20FN3O2/c1-10-11(2)21-17(12(3)20-10)18(24)22-9-15(23)8-16(22)13-4-6-14(19)7-5-13/h4-7,15-16,23H,8-9H2,1-3H3/t15-,16-/m1/s1. The molecule has 1 aromatic carbocycles. The normalized spacial score (nSPS) is 20.5. The van der Waals surface area contributed by atoms with Gasteiger partial charge in [-0.3, -0.25) is 9.78 Å². The van der Waals surface area contributed by atoms with E-state index in [2.05, 4.69) is 9.97 Å². The fourth-order valence-electron chi connectivity index (χ4n) is 3.09. The van der Waals surface area contributed by atoms with Crippen molar-refractivity contribution in [3.05, 3.63) is 58.4 Å². The van der Waals surface area contributed by atoms with E-state index >= 15 is 0 Å². The molecule has 0 radical (unpaired) electrons. The van der Waals surface area contributed by atoms with Crippen LogP contribution in [-0.2, 0) is 0 Å². The first-order valence-electron chi connectivity index (χ1n) is 7.93. The number of aryl methyl sites for hydroxylation is 3. The molecule has 5 nitrogen and oxygen atoms in total. The average molecular weight is 329 g/mol. The zero-order chi connectivity index (χ0) is 17.4. The van der Waals surface area contributed by atoms with Gasteiger partial charge in [-0.05, 0) is 44.9 Å². The Balaban J connectivity index is 1.95. The van der Waals surface area contributed by atoms with Crippen molar-refractivity contribution >= 4 is 5.91 Å². The lowest BCUT2D eigenvalue weighted by Gasteiger charge is -2.25. The molecule has 1 amide bonds. The third-order valence-electron chi connectivity index (χ3n) is 4.48. The largest absolute Gasteiger partial charge is 0.391 e. The number of rotatable bonds is 2. The van der Waals surface area contributed by atoms with Gasteiger partial charge < -0.3 is 10.0 Å². The second kappa shape index (κ2) is 6.28. The van der Waals surface area contributed by atoms with E-state index in [1.165, 1.54) is 12.1 Å². The van der Waals surface area contributed by atoms with Crippen LogP contribution in [0, 0.1) is 26.6 Å². The number of aromatic nitrogens is 2. The summed E-state index contributed by atoms with van der Waals surface area (Å²) in [6.45, 7) is 5.65. The molecule has 0 spiro atoms. The molecule has 24 heavy (non-hydrogen) atoms. The summed E-state index contributed by atoms with van der Waals surface area (Å²) in [6, 6.07) is 5.73. The van der Waals surface area contributed by atoms with Crippen molar-refractivity contribution in [2.45, 2.75) is 39.3 Å². The number of aliphatic hydroxyl groups is 1. The van der Waals surface area contributed by atoms with Crippen molar-refractivity contribution in [3.8, 4) is 0 Å². The van der Waals surface area contributed by atoms with Crippen molar-refractivity contribution in [1.82, 2.24) is 14.9 Å². The predicted molar refractivity (Wildman–Crippen MR) is 87.0 cm³/mol. The summed E-state index contributed by atoms with van der Waals surface area (Å²) in [5, 5.41) is 10.0. The number of carbonyl (C=O) groups excluding carboxylic acids is 1. The van der Waals surface area contributed by atoms with Crippen molar-refractivity contribution in [1.29, 1.82) is 0 Å². The van der Waals surface area contributed by atoms with Gasteiger partial charge in [0.1, 0.15) is 11.5 Å². The summed E-state index contributed by atoms with van der Waals surface area (Å²) in [6.07, 6.45) is -0.182. The number of halogens is 1. The topological polar surface area (TPSA) is 66.3 Å². The molecular formula is C18H20FN3O2. The Kier molecular flexibility index (Phi) is 4.32. The zero-order valence-corrected chi connectivity index (χ0v) is 14.0. The predicted octanol–water partition coefficient (Wildman–Crippen LogP) is 2.49. The summed E-state index contributed by atoms with van der Waals surface area (Å²) in [4.78, 5) is 23.3. The highest BCUT2D eigenvalue weighted by Crippen LogP contribution is 2.33. The Morgan fingerprint density at radius 2 is 1.75 bits per heavy atom. The molecule has 1 saturated heterocycles. The lowest BCUT2D eigenvalue weighted by molar-refractivity contribution is 0.0708. The van der Waals surface area contributed by atoms with E-state index in [0.717, 1.165) is 11.3 Å². The first-order valence-corrected chi connectivity index (χ1v) is 7.93. The molecule has 1 aromatic heterocycles. The first kappa shape index (κ1) is 16.5. The average Bonchev–Trinajstić information content (AvgIpc) is 2.93. The summed E-state index contributed by atoms with van der Waals surface area (Å²) in [5.74, 6) is -0.583.